The van der Waals surface area contributed by atoms with E-state index in [1.165, 1.54) is 0 Å². The number of hydrogen-bond acceptors (Lipinski definition) is 3. The van der Waals surface area contributed by atoms with Crippen LogP contribution in [0.4, 0.5) is 0 Å². The summed E-state index contributed by atoms with van der Waals surface area (Å²) in [6.07, 6.45) is 3.73. The summed E-state index contributed by atoms with van der Waals surface area (Å²) in [4.78, 5) is 27.8. The number of carbonyl (C=O) groups excluding carboxylic acids is 1. The highest BCUT2D eigenvalue weighted by Crippen LogP contribution is 2.21. The molecule has 1 amide bonds. The third-order valence-corrected chi connectivity index (χ3v) is 4.85. The molecule has 0 bridgehead atoms. The van der Waals surface area contributed by atoms with Gasteiger partial charge in [0.15, 0.2) is 0 Å². The molecule has 1 rings (SSSR count). The van der Waals surface area contributed by atoms with Gasteiger partial charge in [-0.2, -0.15) is 0 Å². The predicted molar refractivity (Wildman–Crippen MR) is 92.3 cm³/mol. The van der Waals surface area contributed by atoms with Crippen molar-refractivity contribution < 1.29 is 14.7 Å². The Hall–Kier alpha value is -1.10. The summed E-state index contributed by atoms with van der Waals surface area (Å²) in [7, 11) is 0. The SMILES string of the molecule is CCCN(CC[C@H](C)CCC(=O)O)C(=O)C1CCN(C(C)C)C1. The van der Waals surface area contributed by atoms with Gasteiger partial charge in [-0.3, -0.25) is 9.59 Å². The van der Waals surface area contributed by atoms with Crippen molar-refractivity contribution in [3.05, 3.63) is 0 Å². The van der Waals surface area contributed by atoms with Gasteiger partial charge in [0, 0.05) is 32.1 Å². The fourth-order valence-electron chi connectivity index (χ4n) is 3.21. The zero-order valence-electron chi connectivity index (χ0n) is 15.3. The summed E-state index contributed by atoms with van der Waals surface area (Å²) in [5.41, 5.74) is 0. The van der Waals surface area contributed by atoms with E-state index in [0.29, 0.717) is 24.3 Å². The van der Waals surface area contributed by atoms with E-state index in [2.05, 4.69) is 32.6 Å². The lowest BCUT2D eigenvalue weighted by Gasteiger charge is -2.27. The van der Waals surface area contributed by atoms with Gasteiger partial charge < -0.3 is 14.9 Å². The molecule has 1 N–H and O–H groups in total. The number of hydrogen-bond donors (Lipinski definition) is 1. The van der Waals surface area contributed by atoms with Crippen LogP contribution in [-0.4, -0.2) is 59.0 Å². The molecule has 0 aliphatic carbocycles. The van der Waals surface area contributed by atoms with Crippen LogP contribution in [0.5, 0.6) is 0 Å². The predicted octanol–water partition coefficient (Wildman–Crippen LogP) is 2.85. The van der Waals surface area contributed by atoms with Crippen LogP contribution in [0.1, 0.15) is 59.8 Å². The van der Waals surface area contributed by atoms with E-state index in [4.69, 9.17) is 5.11 Å². The molecule has 0 aromatic carbocycles. The molecule has 5 heteroatoms. The smallest absolute Gasteiger partial charge is 0.303 e. The van der Waals surface area contributed by atoms with Gasteiger partial charge in [0.25, 0.3) is 0 Å². The van der Waals surface area contributed by atoms with Crippen LogP contribution in [0, 0.1) is 11.8 Å². The van der Waals surface area contributed by atoms with Crippen molar-refractivity contribution in [3.8, 4) is 0 Å². The molecule has 2 atom stereocenters. The number of amides is 1. The summed E-state index contributed by atoms with van der Waals surface area (Å²) in [5, 5.41) is 8.76. The maximum absolute atomic E-state index is 12.8. The van der Waals surface area contributed by atoms with Gasteiger partial charge in [-0.05, 0) is 52.0 Å². The molecule has 1 fully saturated rings. The van der Waals surface area contributed by atoms with Crippen LogP contribution in [0.2, 0.25) is 0 Å². The number of aliphatic carboxylic acids is 1. The van der Waals surface area contributed by atoms with Gasteiger partial charge in [0.1, 0.15) is 0 Å². The van der Waals surface area contributed by atoms with Crippen LogP contribution in [0.25, 0.3) is 0 Å². The highest BCUT2D eigenvalue weighted by atomic mass is 16.4. The van der Waals surface area contributed by atoms with Gasteiger partial charge in [0.2, 0.25) is 5.91 Å². The van der Waals surface area contributed by atoms with Crippen LogP contribution in [0.15, 0.2) is 0 Å². The van der Waals surface area contributed by atoms with Gasteiger partial charge in [-0.1, -0.05) is 13.8 Å². The number of likely N-dealkylation sites (tertiary alicyclic amines) is 1. The second-order valence-corrected chi connectivity index (χ2v) is 7.23. The zero-order valence-corrected chi connectivity index (χ0v) is 15.3. The molecular formula is C18H34N2O3. The average Bonchev–Trinajstić information content (AvgIpc) is 2.98. The molecule has 0 radical (unpaired) electrons. The molecule has 1 unspecified atom stereocenters. The van der Waals surface area contributed by atoms with Crippen molar-refractivity contribution in [1.29, 1.82) is 0 Å². The standard InChI is InChI=1S/C18H34N2O3/c1-5-10-19(11-8-15(4)6-7-17(21)22)18(23)16-9-12-20(13-16)14(2)3/h14-16H,5-13H2,1-4H3,(H,21,22)/t15-,16?/m1/s1. The van der Waals surface area contributed by atoms with Crippen molar-refractivity contribution >= 4 is 11.9 Å². The molecule has 5 nitrogen and oxygen atoms in total. The first kappa shape index (κ1) is 19.9. The molecular weight excluding hydrogens is 292 g/mol. The molecule has 0 spiro atoms. The summed E-state index contributed by atoms with van der Waals surface area (Å²) < 4.78 is 0. The fourth-order valence-corrected chi connectivity index (χ4v) is 3.21. The number of rotatable bonds is 10. The Balaban J connectivity index is 2.47. The summed E-state index contributed by atoms with van der Waals surface area (Å²) in [6, 6.07) is 0.503. The van der Waals surface area contributed by atoms with E-state index in [9.17, 15) is 9.59 Å². The van der Waals surface area contributed by atoms with E-state index < -0.39 is 5.97 Å². The van der Waals surface area contributed by atoms with Crippen LogP contribution >= 0.6 is 0 Å². The maximum Gasteiger partial charge on any atom is 0.303 e. The summed E-state index contributed by atoms with van der Waals surface area (Å²) in [6.45, 7) is 12.0. The number of carboxylic acids is 1. The van der Waals surface area contributed by atoms with Gasteiger partial charge >= 0.3 is 5.97 Å². The Morgan fingerprint density at radius 3 is 2.43 bits per heavy atom. The quantitative estimate of drug-likeness (QED) is 0.670. The first-order valence-corrected chi connectivity index (χ1v) is 9.09. The molecule has 0 aromatic heterocycles. The van der Waals surface area contributed by atoms with E-state index >= 15 is 0 Å². The Bertz CT molecular complexity index is 384. The maximum atomic E-state index is 12.8. The first-order chi connectivity index (χ1) is 10.8. The molecule has 1 aliphatic heterocycles. The lowest BCUT2D eigenvalue weighted by atomic mass is 10.0. The highest BCUT2D eigenvalue weighted by molar-refractivity contribution is 5.79. The summed E-state index contributed by atoms with van der Waals surface area (Å²) in [5.74, 6) is 0.0331. The minimum Gasteiger partial charge on any atom is -0.481 e. The van der Waals surface area contributed by atoms with Gasteiger partial charge in [-0.25, -0.2) is 0 Å². The first-order valence-electron chi connectivity index (χ1n) is 9.09. The van der Waals surface area contributed by atoms with E-state index in [1.54, 1.807) is 0 Å². The minimum atomic E-state index is -0.738. The number of nitrogens with zero attached hydrogens (tertiary/aromatic N) is 2. The van der Waals surface area contributed by atoms with E-state index in [0.717, 1.165) is 45.4 Å². The molecule has 134 valence electrons. The van der Waals surface area contributed by atoms with Crippen LogP contribution in [-0.2, 0) is 9.59 Å². The van der Waals surface area contributed by atoms with Crippen LogP contribution in [0.3, 0.4) is 0 Å². The Morgan fingerprint density at radius 1 is 1.22 bits per heavy atom. The van der Waals surface area contributed by atoms with Gasteiger partial charge in [-0.15, -0.1) is 0 Å². The van der Waals surface area contributed by atoms with Crippen molar-refractivity contribution in [2.75, 3.05) is 26.2 Å². The Kier molecular flexibility index (Phi) is 8.59. The highest BCUT2D eigenvalue weighted by Gasteiger charge is 2.32. The Morgan fingerprint density at radius 2 is 1.91 bits per heavy atom. The van der Waals surface area contributed by atoms with Crippen molar-refractivity contribution in [1.82, 2.24) is 9.80 Å². The average molecular weight is 326 g/mol. The molecule has 23 heavy (non-hydrogen) atoms. The molecule has 1 saturated heterocycles. The van der Waals surface area contributed by atoms with Gasteiger partial charge in [0.05, 0.1) is 5.92 Å². The van der Waals surface area contributed by atoms with E-state index in [1.807, 2.05) is 4.90 Å². The van der Waals surface area contributed by atoms with Crippen LogP contribution < -0.4 is 0 Å². The van der Waals surface area contributed by atoms with E-state index in [-0.39, 0.29) is 12.3 Å². The van der Waals surface area contributed by atoms with Crippen molar-refractivity contribution in [2.45, 2.75) is 65.8 Å². The Labute approximate surface area is 141 Å². The third kappa shape index (κ3) is 6.90. The molecule has 0 saturated carbocycles. The zero-order chi connectivity index (χ0) is 17.4. The monoisotopic (exact) mass is 326 g/mol. The van der Waals surface area contributed by atoms with Crippen molar-refractivity contribution in [2.24, 2.45) is 11.8 Å². The minimum absolute atomic E-state index is 0.137. The molecule has 1 aliphatic rings. The lowest BCUT2D eigenvalue weighted by Crippen LogP contribution is -2.39. The number of carboxylic acid groups (broad SMARTS) is 1. The summed E-state index contributed by atoms with van der Waals surface area (Å²) >= 11 is 0. The third-order valence-electron chi connectivity index (χ3n) is 4.85. The van der Waals surface area contributed by atoms with Crippen molar-refractivity contribution in [3.63, 3.8) is 0 Å². The lowest BCUT2D eigenvalue weighted by molar-refractivity contribution is -0.138. The largest absolute Gasteiger partial charge is 0.481 e. The topological polar surface area (TPSA) is 60.9 Å². The second kappa shape index (κ2) is 9.91. The second-order valence-electron chi connectivity index (χ2n) is 7.23. The number of carbonyl (C=O) groups is 2. The fraction of sp³-hybridized carbons (Fsp3) is 0.889. The molecule has 1 heterocycles. The normalized spacial score (nSPS) is 20.0. The molecule has 0 aromatic rings.